The predicted molar refractivity (Wildman–Crippen MR) is 83.0 cm³/mol. The van der Waals surface area contributed by atoms with Crippen LogP contribution in [-0.4, -0.2) is 41.7 Å². The van der Waals surface area contributed by atoms with E-state index in [1.165, 1.54) is 23.8 Å². The van der Waals surface area contributed by atoms with Gasteiger partial charge in [0.15, 0.2) is 0 Å². The van der Waals surface area contributed by atoms with Crippen molar-refractivity contribution in [2.45, 2.75) is 31.1 Å². The van der Waals surface area contributed by atoms with Gasteiger partial charge in [0.2, 0.25) is 0 Å². The highest BCUT2D eigenvalue weighted by atomic mass is 16.5. The van der Waals surface area contributed by atoms with E-state index < -0.39 is 0 Å². The lowest BCUT2D eigenvalue weighted by atomic mass is 10.0. The first-order chi connectivity index (χ1) is 10.3. The SMILES string of the molecule is NCC(c1cccc2cccnc12)N1CC2CCC(C1)O2. The van der Waals surface area contributed by atoms with Gasteiger partial charge in [0, 0.05) is 37.3 Å². The molecule has 0 saturated carbocycles. The van der Waals surface area contributed by atoms with E-state index in [9.17, 15) is 0 Å². The molecule has 2 saturated heterocycles. The number of nitrogens with two attached hydrogens (primary N) is 1. The van der Waals surface area contributed by atoms with Gasteiger partial charge in [-0.25, -0.2) is 0 Å². The molecule has 3 heterocycles. The average molecular weight is 283 g/mol. The van der Waals surface area contributed by atoms with Crippen LogP contribution < -0.4 is 5.73 Å². The second-order valence-corrected chi connectivity index (χ2v) is 6.09. The van der Waals surface area contributed by atoms with E-state index in [1.54, 1.807) is 0 Å². The smallest absolute Gasteiger partial charge is 0.0750 e. The lowest BCUT2D eigenvalue weighted by Gasteiger charge is -2.37. The molecule has 2 aliphatic heterocycles. The zero-order chi connectivity index (χ0) is 14.2. The van der Waals surface area contributed by atoms with Crippen LogP contribution in [0.3, 0.4) is 0 Å². The minimum atomic E-state index is 0.232. The number of benzene rings is 1. The van der Waals surface area contributed by atoms with Crippen molar-refractivity contribution in [3.8, 4) is 0 Å². The molecule has 110 valence electrons. The third-order valence-electron chi connectivity index (χ3n) is 4.76. The number of morpholine rings is 1. The molecule has 3 unspecified atom stereocenters. The summed E-state index contributed by atoms with van der Waals surface area (Å²) in [5.74, 6) is 0. The number of aromatic nitrogens is 1. The minimum Gasteiger partial charge on any atom is -0.372 e. The van der Waals surface area contributed by atoms with Gasteiger partial charge in [0.1, 0.15) is 0 Å². The lowest BCUT2D eigenvalue weighted by Crippen LogP contribution is -2.46. The van der Waals surface area contributed by atoms with E-state index in [4.69, 9.17) is 10.5 Å². The number of ether oxygens (including phenoxy) is 1. The number of likely N-dealkylation sites (tertiary alicyclic amines) is 1. The Hall–Kier alpha value is -1.49. The van der Waals surface area contributed by atoms with E-state index in [1.807, 2.05) is 12.3 Å². The zero-order valence-corrected chi connectivity index (χ0v) is 12.1. The highest BCUT2D eigenvalue weighted by Gasteiger charge is 2.36. The number of fused-ring (bicyclic) bond motifs is 3. The van der Waals surface area contributed by atoms with Gasteiger partial charge in [0.05, 0.1) is 17.7 Å². The number of rotatable bonds is 3. The maximum atomic E-state index is 6.13. The third-order valence-corrected chi connectivity index (χ3v) is 4.76. The zero-order valence-electron chi connectivity index (χ0n) is 12.1. The van der Waals surface area contributed by atoms with Gasteiger partial charge in [-0.3, -0.25) is 9.88 Å². The van der Waals surface area contributed by atoms with E-state index in [2.05, 4.69) is 34.1 Å². The van der Waals surface area contributed by atoms with Crippen molar-refractivity contribution in [1.29, 1.82) is 0 Å². The first-order valence-electron chi connectivity index (χ1n) is 7.78. The molecule has 4 nitrogen and oxygen atoms in total. The fourth-order valence-corrected chi connectivity index (χ4v) is 3.77. The maximum absolute atomic E-state index is 6.13. The van der Waals surface area contributed by atoms with E-state index in [0.29, 0.717) is 18.8 Å². The standard InChI is InChI=1S/C17H21N3O/c18-9-16(20-10-13-6-7-14(11-20)21-13)15-5-1-3-12-4-2-8-19-17(12)15/h1-5,8,13-14,16H,6-7,9-11,18H2. The van der Waals surface area contributed by atoms with Crippen LogP contribution in [0.15, 0.2) is 36.5 Å². The Morgan fingerprint density at radius 2 is 1.95 bits per heavy atom. The number of hydrogen-bond acceptors (Lipinski definition) is 4. The Bertz CT molecular complexity index is 627. The van der Waals surface area contributed by atoms with Gasteiger partial charge in [-0.1, -0.05) is 24.3 Å². The molecule has 0 spiro atoms. The summed E-state index contributed by atoms with van der Waals surface area (Å²) in [7, 11) is 0. The van der Waals surface area contributed by atoms with Crippen LogP contribution in [0.4, 0.5) is 0 Å². The molecule has 4 rings (SSSR count). The molecule has 2 fully saturated rings. The Kier molecular flexibility index (Phi) is 3.37. The molecule has 0 aliphatic carbocycles. The molecule has 3 atom stereocenters. The molecule has 2 N–H and O–H groups in total. The molecule has 4 heteroatoms. The van der Waals surface area contributed by atoms with Gasteiger partial charge >= 0.3 is 0 Å². The number of para-hydroxylation sites is 1. The molecule has 1 aromatic carbocycles. The molecule has 0 amide bonds. The molecule has 21 heavy (non-hydrogen) atoms. The molecular formula is C17H21N3O. The van der Waals surface area contributed by atoms with E-state index >= 15 is 0 Å². The molecule has 0 radical (unpaired) electrons. The second kappa shape index (κ2) is 5.37. The Morgan fingerprint density at radius 1 is 1.19 bits per heavy atom. The fraction of sp³-hybridized carbons (Fsp3) is 0.471. The van der Waals surface area contributed by atoms with Crippen LogP contribution >= 0.6 is 0 Å². The summed E-state index contributed by atoms with van der Waals surface area (Å²) >= 11 is 0. The molecule has 2 aliphatic rings. The monoisotopic (exact) mass is 283 g/mol. The van der Waals surface area contributed by atoms with Gasteiger partial charge in [-0.2, -0.15) is 0 Å². The van der Waals surface area contributed by atoms with Crippen molar-refractivity contribution >= 4 is 10.9 Å². The summed E-state index contributed by atoms with van der Waals surface area (Å²) in [4.78, 5) is 7.08. The Morgan fingerprint density at radius 3 is 2.71 bits per heavy atom. The fourth-order valence-electron chi connectivity index (χ4n) is 3.77. The molecule has 1 aromatic heterocycles. The molecule has 2 aromatic rings. The first kappa shape index (κ1) is 13.2. The van der Waals surface area contributed by atoms with Crippen molar-refractivity contribution in [1.82, 2.24) is 9.88 Å². The summed E-state index contributed by atoms with van der Waals surface area (Å²) in [5.41, 5.74) is 8.45. The minimum absolute atomic E-state index is 0.232. The van der Waals surface area contributed by atoms with Crippen LogP contribution in [0.25, 0.3) is 10.9 Å². The first-order valence-corrected chi connectivity index (χ1v) is 7.78. The highest BCUT2D eigenvalue weighted by molar-refractivity contribution is 5.82. The second-order valence-electron chi connectivity index (χ2n) is 6.09. The van der Waals surface area contributed by atoms with Gasteiger partial charge in [-0.05, 0) is 24.5 Å². The molecular weight excluding hydrogens is 262 g/mol. The van der Waals surface area contributed by atoms with Crippen LogP contribution in [0.5, 0.6) is 0 Å². The van der Waals surface area contributed by atoms with Crippen molar-refractivity contribution in [2.75, 3.05) is 19.6 Å². The van der Waals surface area contributed by atoms with E-state index in [-0.39, 0.29) is 6.04 Å². The van der Waals surface area contributed by atoms with Gasteiger partial charge < -0.3 is 10.5 Å². The Labute approximate surface area is 124 Å². The quantitative estimate of drug-likeness (QED) is 0.937. The van der Waals surface area contributed by atoms with Crippen LogP contribution in [0, 0.1) is 0 Å². The largest absolute Gasteiger partial charge is 0.372 e. The van der Waals surface area contributed by atoms with Gasteiger partial charge in [-0.15, -0.1) is 0 Å². The van der Waals surface area contributed by atoms with Crippen molar-refractivity contribution in [2.24, 2.45) is 5.73 Å². The summed E-state index contributed by atoms with van der Waals surface area (Å²) in [5, 5.41) is 1.18. The lowest BCUT2D eigenvalue weighted by molar-refractivity contribution is -0.0519. The van der Waals surface area contributed by atoms with Crippen molar-refractivity contribution in [3.63, 3.8) is 0 Å². The van der Waals surface area contributed by atoms with Crippen LogP contribution in [0.2, 0.25) is 0 Å². The summed E-state index contributed by atoms with van der Waals surface area (Å²) in [6.45, 7) is 2.60. The maximum Gasteiger partial charge on any atom is 0.0750 e. The van der Waals surface area contributed by atoms with Crippen LogP contribution in [-0.2, 0) is 4.74 Å². The van der Waals surface area contributed by atoms with Crippen LogP contribution in [0.1, 0.15) is 24.4 Å². The number of nitrogens with zero attached hydrogens (tertiary/aromatic N) is 2. The predicted octanol–water partition coefficient (Wildman–Crippen LogP) is 2.10. The average Bonchev–Trinajstić information content (AvgIpc) is 2.87. The van der Waals surface area contributed by atoms with E-state index in [0.717, 1.165) is 18.6 Å². The summed E-state index contributed by atoms with van der Waals surface area (Å²) in [6, 6.07) is 10.7. The number of pyridine rings is 1. The van der Waals surface area contributed by atoms with Crippen molar-refractivity contribution in [3.05, 3.63) is 42.1 Å². The third kappa shape index (κ3) is 2.33. The van der Waals surface area contributed by atoms with Gasteiger partial charge in [0.25, 0.3) is 0 Å². The Balaban J connectivity index is 1.71. The van der Waals surface area contributed by atoms with Crippen molar-refractivity contribution < 1.29 is 4.74 Å². The number of hydrogen-bond donors (Lipinski definition) is 1. The summed E-state index contributed by atoms with van der Waals surface area (Å²) < 4.78 is 5.95. The summed E-state index contributed by atoms with van der Waals surface area (Å²) in [6.07, 6.45) is 5.02. The highest BCUT2D eigenvalue weighted by Crippen LogP contribution is 2.33. The molecule has 2 bridgehead atoms. The topological polar surface area (TPSA) is 51.4 Å². The normalized spacial score (nSPS) is 27.1.